The van der Waals surface area contributed by atoms with Gasteiger partial charge in [0.2, 0.25) is 6.17 Å². The smallest absolute Gasteiger partial charge is 0.310 e. The first-order valence-electron chi connectivity index (χ1n) is 5.94. The van der Waals surface area contributed by atoms with Crippen LogP contribution in [0, 0.1) is 23.3 Å². The Hall–Kier alpha value is -1.03. The molecule has 1 unspecified atom stereocenters. The molecule has 0 aromatic heterocycles. The predicted octanol–water partition coefficient (Wildman–Crippen LogP) is 3.08. The van der Waals surface area contributed by atoms with E-state index in [0.717, 1.165) is 0 Å². The molecule has 3 nitrogen and oxygen atoms in total. The third-order valence-electron chi connectivity index (χ3n) is 2.55. The van der Waals surface area contributed by atoms with Crippen LogP contribution in [-0.2, 0) is 13.9 Å². The molecular weight excluding hydrogens is 315 g/mol. The average Bonchev–Trinajstić information content (AvgIpc) is 2.47. The Labute approximate surface area is 121 Å². The zero-order valence-electron chi connectivity index (χ0n) is 11.2. The SMILES string of the molecule is CCOC(O[Si])(OCC)C(F)c1cc(F)c(F)c(F)c1F. The van der Waals surface area contributed by atoms with E-state index >= 15 is 0 Å². The molecule has 0 saturated carbocycles. The largest absolute Gasteiger partial charge is 0.368 e. The summed E-state index contributed by atoms with van der Waals surface area (Å²) in [4.78, 5) is 0. The highest BCUT2D eigenvalue weighted by Crippen LogP contribution is 2.37. The summed E-state index contributed by atoms with van der Waals surface area (Å²) in [5, 5.41) is 0. The van der Waals surface area contributed by atoms with Gasteiger partial charge in [0.15, 0.2) is 23.3 Å². The predicted molar refractivity (Wildman–Crippen MR) is 62.9 cm³/mol. The van der Waals surface area contributed by atoms with E-state index in [-0.39, 0.29) is 19.3 Å². The second-order valence-electron chi connectivity index (χ2n) is 3.82. The lowest BCUT2D eigenvalue weighted by Gasteiger charge is -2.34. The zero-order chi connectivity index (χ0) is 16.2. The van der Waals surface area contributed by atoms with Gasteiger partial charge in [-0.1, -0.05) is 0 Å². The second kappa shape index (κ2) is 7.30. The minimum Gasteiger partial charge on any atom is -0.368 e. The first-order valence-corrected chi connectivity index (χ1v) is 6.35. The Kier molecular flexibility index (Phi) is 6.26. The lowest BCUT2D eigenvalue weighted by Crippen LogP contribution is -2.43. The molecule has 0 spiro atoms. The van der Waals surface area contributed by atoms with Gasteiger partial charge in [-0.2, -0.15) is 0 Å². The standard InChI is InChI=1S/C12H12F5O3Si/c1-3-18-12(20-21,19-4-2)11(17)6-5-7(13)9(15)10(16)8(6)14/h5,11H,3-4H2,1-2H3. The Bertz CT molecular complexity index is 494. The molecule has 9 heteroatoms. The number of benzene rings is 1. The van der Waals surface area contributed by atoms with E-state index in [9.17, 15) is 22.0 Å². The monoisotopic (exact) mass is 327 g/mol. The summed E-state index contributed by atoms with van der Waals surface area (Å²) in [7, 11) is 2.53. The molecule has 3 radical (unpaired) electrons. The van der Waals surface area contributed by atoms with Crippen LogP contribution >= 0.6 is 0 Å². The topological polar surface area (TPSA) is 27.7 Å². The van der Waals surface area contributed by atoms with Crippen molar-refractivity contribution in [1.82, 2.24) is 0 Å². The fourth-order valence-electron chi connectivity index (χ4n) is 1.67. The molecule has 0 fully saturated rings. The summed E-state index contributed by atoms with van der Waals surface area (Å²) in [6.07, 6.45) is -2.58. The summed E-state index contributed by atoms with van der Waals surface area (Å²) < 4.78 is 81.8. The van der Waals surface area contributed by atoms with Gasteiger partial charge in [-0.3, -0.25) is 0 Å². The van der Waals surface area contributed by atoms with Crippen molar-refractivity contribution in [3.05, 3.63) is 34.9 Å². The average molecular weight is 327 g/mol. The van der Waals surface area contributed by atoms with Crippen LogP contribution in [0.25, 0.3) is 0 Å². The highest BCUT2D eigenvalue weighted by Gasteiger charge is 2.45. The molecule has 0 heterocycles. The number of halogens is 5. The van der Waals surface area contributed by atoms with Crippen LogP contribution in [-0.4, -0.2) is 29.7 Å². The van der Waals surface area contributed by atoms with Crippen molar-refractivity contribution in [1.29, 1.82) is 0 Å². The summed E-state index contributed by atoms with van der Waals surface area (Å²) in [6, 6.07) is 0.177. The number of rotatable bonds is 7. The summed E-state index contributed by atoms with van der Waals surface area (Å²) in [5.74, 6) is -10.3. The lowest BCUT2D eigenvalue weighted by molar-refractivity contribution is -0.370. The van der Waals surface area contributed by atoms with Crippen LogP contribution in [0.1, 0.15) is 25.6 Å². The Morgan fingerprint density at radius 2 is 1.57 bits per heavy atom. The van der Waals surface area contributed by atoms with E-state index in [4.69, 9.17) is 9.47 Å². The van der Waals surface area contributed by atoms with E-state index in [1.807, 2.05) is 0 Å². The van der Waals surface area contributed by atoms with Gasteiger partial charge in [0, 0.05) is 18.8 Å². The number of alkyl halides is 1. The maximum Gasteiger partial charge on any atom is 0.310 e. The van der Waals surface area contributed by atoms with Crippen molar-refractivity contribution in [3.63, 3.8) is 0 Å². The van der Waals surface area contributed by atoms with Crippen LogP contribution in [0.2, 0.25) is 0 Å². The quantitative estimate of drug-likeness (QED) is 0.253. The minimum absolute atomic E-state index is 0.112. The second-order valence-corrected chi connectivity index (χ2v) is 4.03. The van der Waals surface area contributed by atoms with Gasteiger partial charge in [-0.15, -0.1) is 0 Å². The number of hydrogen-bond donors (Lipinski definition) is 0. The summed E-state index contributed by atoms with van der Waals surface area (Å²) in [5.41, 5.74) is -1.13. The molecule has 1 atom stereocenters. The van der Waals surface area contributed by atoms with Crippen molar-refractivity contribution >= 4 is 10.5 Å². The van der Waals surface area contributed by atoms with Gasteiger partial charge in [-0.05, 0) is 19.9 Å². The lowest BCUT2D eigenvalue weighted by atomic mass is 10.1. The molecule has 0 saturated heterocycles. The van der Waals surface area contributed by atoms with Gasteiger partial charge in [0.25, 0.3) is 10.5 Å². The molecule has 21 heavy (non-hydrogen) atoms. The number of ether oxygens (including phenoxy) is 2. The Morgan fingerprint density at radius 1 is 1.05 bits per heavy atom. The minimum atomic E-state index is -2.58. The van der Waals surface area contributed by atoms with E-state index in [0.29, 0.717) is 0 Å². The van der Waals surface area contributed by atoms with Crippen molar-refractivity contribution in [2.24, 2.45) is 0 Å². The summed E-state index contributed by atoms with van der Waals surface area (Å²) in [6.45, 7) is 2.71. The van der Waals surface area contributed by atoms with E-state index < -0.39 is 41.0 Å². The third-order valence-corrected chi connectivity index (χ3v) is 2.83. The molecule has 1 aromatic carbocycles. The van der Waals surface area contributed by atoms with Crippen LogP contribution < -0.4 is 0 Å². The third kappa shape index (κ3) is 3.42. The van der Waals surface area contributed by atoms with Gasteiger partial charge >= 0.3 is 5.97 Å². The van der Waals surface area contributed by atoms with Gasteiger partial charge in [0.05, 0.1) is 0 Å². The highest BCUT2D eigenvalue weighted by atomic mass is 28.2. The highest BCUT2D eigenvalue weighted by molar-refractivity contribution is 5.98. The molecule has 117 valence electrons. The zero-order valence-corrected chi connectivity index (χ0v) is 12.2. The van der Waals surface area contributed by atoms with E-state index in [1.54, 1.807) is 0 Å². The van der Waals surface area contributed by atoms with Crippen LogP contribution in [0.5, 0.6) is 0 Å². The molecule has 1 rings (SSSR count). The Balaban J connectivity index is 3.36. The maximum absolute atomic E-state index is 14.5. The fourth-order valence-corrected chi connectivity index (χ4v) is 1.89. The van der Waals surface area contributed by atoms with Crippen LogP contribution in [0.4, 0.5) is 22.0 Å². The van der Waals surface area contributed by atoms with Crippen molar-refractivity contribution in [3.8, 4) is 0 Å². The van der Waals surface area contributed by atoms with Gasteiger partial charge in [-0.25, -0.2) is 22.0 Å². The van der Waals surface area contributed by atoms with Crippen molar-refractivity contribution in [2.45, 2.75) is 26.0 Å². The van der Waals surface area contributed by atoms with Crippen molar-refractivity contribution in [2.75, 3.05) is 13.2 Å². The summed E-state index contributed by atoms with van der Waals surface area (Å²) >= 11 is 0. The molecule has 1 aromatic rings. The van der Waals surface area contributed by atoms with Crippen molar-refractivity contribution < 1.29 is 35.9 Å². The molecule has 0 aliphatic carbocycles. The first kappa shape index (κ1) is 18.0. The van der Waals surface area contributed by atoms with E-state index in [2.05, 4.69) is 14.9 Å². The molecule has 0 aliphatic rings. The van der Waals surface area contributed by atoms with E-state index in [1.165, 1.54) is 13.8 Å². The van der Waals surface area contributed by atoms with Crippen LogP contribution in [0.3, 0.4) is 0 Å². The normalized spacial score (nSPS) is 13.5. The molecule has 0 N–H and O–H groups in total. The van der Waals surface area contributed by atoms with Gasteiger partial charge in [0.1, 0.15) is 0 Å². The molecule has 0 amide bonds. The molecule has 0 bridgehead atoms. The molecular formula is C12H12F5O3Si. The van der Waals surface area contributed by atoms with Crippen LogP contribution in [0.15, 0.2) is 6.07 Å². The molecule has 0 aliphatic heterocycles. The van der Waals surface area contributed by atoms with Gasteiger partial charge < -0.3 is 13.9 Å². The number of hydrogen-bond acceptors (Lipinski definition) is 3. The Morgan fingerprint density at radius 3 is 2.00 bits per heavy atom. The first-order chi connectivity index (χ1) is 9.84. The maximum atomic E-state index is 14.5. The fraction of sp³-hybridized carbons (Fsp3) is 0.500.